The largest absolute Gasteiger partial charge is 0.481 e. The molecule has 0 spiro atoms. The first-order valence-electron chi connectivity index (χ1n) is 13.7. The number of halogens is 3. The van der Waals surface area contributed by atoms with Crippen LogP contribution < -0.4 is 0 Å². The van der Waals surface area contributed by atoms with Crippen LogP contribution in [0.4, 0.5) is 13.2 Å². The van der Waals surface area contributed by atoms with Crippen LogP contribution in [-0.4, -0.2) is 20.4 Å². The zero-order valence-corrected chi connectivity index (χ0v) is 25.0. The first kappa shape index (κ1) is 30.4. The lowest BCUT2D eigenvalue weighted by atomic mass is 9.83. The lowest BCUT2D eigenvalue weighted by Gasteiger charge is -2.23. The fourth-order valence-electron chi connectivity index (χ4n) is 4.77. The van der Waals surface area contributed by atoms with Crippen LogP contribution in [0, 0.1) is 13.8 Å². The van der Waals surface area contributed by atoms with Crippen LogP contribution in [0.25, 0.3) is 22.0 Å². The standard InChI is InChI=1S/C34H31F3N2O3S/c1-21-22(2)38-29-11-6-5-10-28(29)31(21)43-39(20-27-16-17-30(42-27)34(35,36)37)19-23-12-14-24(15-13-23)25-8-7-9-26(18-25)33(3,4)32(40)41/h5-18H,19-20H2,1-4H3,(H,40,41). The van der Waals surface area contributed by atoms with Gasteiger partial charge >= 0.3 is 12.1 Å². The number of rotatable bonds is 9. The number of carboxylic acids is 1. The Morgan fingerprint density at radius 1 is 0.907 bits per heavy atom. The van der Waals surface area contributed by atoms with Crippen molar-refractivity contribution in [2.24, 2.45) is 0 Å². The smallest absolute Gasteiger partial charge is 0.449 e. The Labute approximate surface area is 252 Å². The quantitative estimate of drug-likeness (QED) is 0.169. The number of aromatic nitrogens is 1. The summed E-state index contributed by atoms with van der Waals surface area (Å²) in [5.74, 6) is -1.71. The van der Waals surface area contributed by atoms with Crippen molar-refractivity contribution in [3.63, 3.8) is 0 Å². The number of fused-ring (bicyclic) bond motifs is 1. The topological polar surface area (TPSA) is 66.6 Å². The van der Waals surface area contributed by atoms with E-state index in [0.717, 1.165) is 49.8 Å². The first-order chi connectivity index (χ1) is 20.3. The Morgan fingerprint density at radius 3 is 2.30 bits per heavy atom. The Morgan fingerprint density at radius 2 is 1.63 bits per heavy atom. The maximum absolute atomic E-state index is 13.3. The van der Waals surface area contributed by atoms with E-state index in [9.17, 15) is 23.1 Å². The van der Waals surface area contributed by atoms with Gasteiger partial charge in [0.25, 0.3) is 0 Å². The molecule has 43 heavy (non-hydrogen) atoms. The van der Waals surface area contributed by atoms with Crippen LogP contribution in [0.15, 0.2) is 94.2 Å². The number of carbonyl (C=O) groups is 1. The number of furan rings is 1. The molecule has 0 amide bonds. The highest BCUT2D eigenvalue weighted by Gasteiger charge is 2.35. The van der Waals surface area contributed by atoms with Gasteiger partial charge < -0.3 is 9.52 Å². The number of aliphatic carboxylic acids is 1. The third kappa shape index (κ3) is 6.63. The van der Waals surface area contributed by atoms with Crippen molar-refractivity contribution in [3.05, 3.63) is 119 Å². The summed E-state index contributed by atoms with van der Waals surface area (Å²) in [6.45, 7) is 7.87. The molecule has 9 heteroatoms. The fourth-order valence-corrected chi connectivity index (χ4v) is 5.99. The van der Waals surface area contributed by atoms with Gasteiger partial charge in [0, 0.05) is 22.5 Å². The molecule has 2 heterocycles. The van der Waals surface area contributed by atoms with E-state index >= 15 is 0 Å². The van der Waals surface area contributed by atoms with E-state index in [1.54, 1.807) is 13.8 Å². The molecule has 0 saturated carbocycles. The summed E-state index contributed by atoms with van der Waals surface area (Å²) in [6, 6.07) is 25.5. The molecule has 0 radical (unpaired) electrons. The van der Waals surface area contributed by atoms with Crippen molar-refractivity contribution in [2.45, 2.75) is 57.3 Å². The van der Waals surface area contributed by atoms with Gasteiger partial charge in [-0.2, -0.15) is 13.2 Å². The van der Waals surface area contributed by atoms with Gasteiger partial charge in [0.05, 0.1) is 17.5 Å². The van der Waals surface area contributed by atoms with Gasteiger partial charge in [-0.1, -0.05) is 66.7 Å². The summed E-state index contributed by atoms with van der Waals surface area (Å²) in [5, 5.41) is 10.6. The molecule has 0 saturated heterocycles. The lowest BCUT2D eigenvalue weighted by molar-refractivity contribution is -0.153. The summed E-state index contributed by atoms with van der Waals surface area (Å²) < 4.78 is 47.0. The van der Waals surface area contributed by atoms with Crippen LogP contribution in [0.2, 0.25) is 0 Å². The molecule has 3 aromatic carbocycles. The van der Waals surface area contributed by atoms with Gasteiger partial charge in [0.15, 0.2) is 0 Å². The van der Waals surface area contributed by atoms with Crippen molar-refractivity contribution in [1.82, 2.24) is 9.29 Å². The highest BCUT2D eigenvalue weighted by Crippen LogP contribution is 2.37. The van der Waals surface area contributed by atoms with E-state index in [1.807, 2.05) is 90.9 Å². The zero-order valence-electron chi connectivity index (χ0n) is 24.2. The molecule has 0 atom stereocenters. The van der Waals surface area contributed by atoms with Crippen LogP contribution in [-0.2, 0) is 29.5 Å². The molecule has 0 bridgehead atoms. The Bertz CT molecular complexity index is 1780. The second-order valence-electron chi connectivity index (χ2n) is 11.0. The number of carboxylic acid groups (broad SMARTS) is 1. The van der Waals surface area contributed by atoms with Crippen molar-refractivity contribution < 1.29 is 27.5 Å². The molecule has 5 nitrogen and oxygen atoms in total. The summed E-state index contributed by atoms with van der Waals surface area (Å²) >= 11 is 1.47. The van der Waals surface area contributed by atoms with E-state index in [1.165, 1.54) is 18.0 Å². The number of aryl methyl sites for hydroxylation is 1. The summed E-state index contributed by atoms with van der Waals surface area (Å²) in [6.07, 6.45) is -4.56. The molecular weight excluding hydrogens is 573 g/mol. The van der Waals surface area contributed by atoms with Crippen LogP contribution >= 0.6 is 11.9 Å². The summed E-state index contributed by atoms with van der Waals surface area (Å²) in [4.78, 5) is 17.5. The normalized spacial score (nSPS) is 12.3. The van der Waals surface area contributed by atoms with Crippen LogP contribution in [0.5, 0.6) is 0 Å². The summed E-state index contributed by atoms with van der Waals surface area (Å²) in [7, 11) is 0. The predicted molar refractivity (Wildman–Crippen MR) is 163 cm³/mol. The molecule has 5 rings (SSSR count). The average Bonchev–Trinajstić information content (AvgIpc) is 3.45. The van der Waals surface area contributed by atoms with Gasteiger partial charge in [-0.3, -0.25) is 9.78 Å². The minimum Gasteiger partial charge on any atom is -0.481 e. The molecule has 0 aliphatic carbocycles. The molecule has 5 aromatic rings. The third-order valence-electron chi connectivity index (χ3n) is 7.58. The van der Waals surface area contributed by atoms with Gasteiger partial charge in [-0.25, -0.2) is 4.31 Å². The second-order valence-corrected chi connectivity index (χ2v) is 12.1. The fraction of sp³-hybridized carbons (Fsp3) is 0.235. The van der Waals surface area contributed by atoms with E-state index in [4.69, 9.17) is 9.40 Å². The number of nitrogens with zero attached hydrogens (tertiary/aromatic N) is 2. The van der Waals surface area contributed by atoms with Crippen LogP contribution in [0.3, 0.4) is 0 Å². The van der Waals surface area contributed by atoms with Gasteiger partial charge in [0.1, 0.15) is 5.76 Å². The highest BCUT2D eigenvalue weighted by molar-refractivity contribution is 7.97. The van der Waals surface area contributed by atoms with E-state index in [0.29, 0.717) is 12.1 Å². The van der Waals surface area contributed by atoms with Crippen molar-refractivity contribution in [3.8, 4) is 11.1 Å². The zero-order chi connectivity index (χ0) is 30.9. The highest BCUT2D eigenvalue weighted by atomic mass is 32.2. The number of hydrogen-bond acceptors (Lipinski definition) is 5. The minimum atomic E-state index is -4.56. The molecule has 1 N–H and O–H groups in total. The number of pyridine rings is 1. The Kier molecular flexibility index (Phi) is 8.40. The first-order valence-corrected chi connectivity index (χ1v) is 14.5. The second kappa shape index (κ2) is 11.9. The Hall–Kier alpha value is -4.08. The van der Waals surface area contributed by atoms with Crippen molar-refractivity contribution in [1.29, 1.82) is 0 Å². The minimum absolute atomic E-state index is 0.143. The van der Waals surface area contributed by atoms with Gasteiger partial charge in [0.2, 0.25) is 5.76 Å². The van der Waals surface area contributed by atoms with Crippen molar-refractivity contribution in [2.75, 3.05) is 0 Å². The van der Waals surface area contributed by atoms with E-state index < -0.39 is 23.3 Å². The number of para-hydroxylation sites is 1. The average molecular weight is 605 g/mol. The predicted octanol–water partition coefficient (Wildman–Crippen LogP) is 9.20. The maximum Gasteiger partial charge on any atom is 0.449 e. The lowest BCUT2D eigenvalue weighted by Crippen LogP contribution is -2.28. The van der Waals surface area contributed by atoms with Gasteiger partial charge in [-0.05, 0) is 85.7 Å². The third-order valence-corrected chi connectivity index (χ3v) is 8.80. The number of hydrogen-bond donors (Lipinski definition) is 1. The van der Waals surface area contributed by atoms with E-state index in [-0.39, 0.29) is 12.3 Å². The number of alkyl halides is 3. The van der Waals surface area contributed by atoms with E-state index in [2.05, 4.69) is 0 Å². The van der Waals surface area contributed by atoms with Crippen LogP contribution in [0.1, 0.15) is 47.8 Å². The van der Waals surface area contributed by atoms with Gasteiger partial charge in [-0.15, -0.1) is 0 Å². The monoisotopic (exact) mass is 604 g/mol. The summed E-state index contributed by atoms with van der Waals surface area (Å²) in [5.41, 5.74) is 5.19. The van der Waals surface area contributed by atoms with Crippen molar-refractivity contribution >= 4 is 28.8 Å². The number of benzene rings is 3. The molecular formula is C34H31F3N2O3S. The SMILES string of the molecule is Cc1nc2ccccc2c(SN(Cc2ccc(-c3cccc(C(C)(C)C(=O)O)c3)cc2)Cc2ccc(C(F)(F)F)o2)c1C. The molecule has 2 aromatic heterocycles. The molecule has 0 aliphatic heterocycles. The molecule has 0 aliphatic rings. The molecule has 222 valence electrons. The molecule has 0 unspecified atom stereocenters. The molecule has 0 fully saturated rings. The Balaban J connectivity index is 1.45. The maximum atomic E-state index is 13.3.